The van der Waals surface area contributed by atoms with Gasteiger partial charge in [0.25, 0.3) is 0 Å². The molecular formula is C71H120O6. The molecule has 6 nitrogen and oxygen atoms in total. The van der Waals surface area contributed by atoms with Gasteiger partial charge < -0.3 is 14.2 Å². The van der Waals surface area contributed by atoms with E-state index in [0.717, 1.165) is 128 Å². The summed E-state index contributed by atoms with van der Waals surface area (Å²) < 4.78 is 16.9. The molecule has 440 valence electrons. The summed E-state index contributed by atoms with van der Waals surface area (Å²) in [4.78, 5) is 38.3. The van der Waals surface area contributed by atoms with Crippen molar-refractivity contribution in [1.82, 2.24) is 0 Å². The highest BCUT2D eigenvalue weighted by Crippen LogP contribution is 2.16. The topological polar surface area (TPSA) is 78.9 Å². The Bertz CT molecular complexity index is 1560. The Morgan fingerprint density at radius 1 is 0.273 bits per heavy atom. The first kappa shape index (κ1) is 73.1. The molecule has 0 rings (SSSR count). The minimum atomic E-state index is -0.795. The Labute approximate surface area is 476 Å². The van der Waals surface area contributed by atoms with Crippen molar-refractivity contribution in [1.29, 1.82) is 0 Å². The Hall–Kier alpha value is -3.93. The fourth-order valence-electron chi connectivity index (χ4n) is 8.92. The van der Waals surface area contributed by atoms with Crippen LogP contribution in [0.1, 0.15) is 303 Å². The highest BCUT2D eigenvalue weighted by molar-refractivity contribution is 5.71. The second-order valence-electron chi connectivity index (χ2n) is 21.3. The van der Waals surface area contributed by atoms with Gasteiger partial charge in [-0.05, 0) is 109 Å². The second kappa shape index (κ2) is 64.6. The second-order valence-corrected chi connectivity index (χ2v) is 21.3. The summed E-state index contributed by atoms with van der Waals surface area (Å²) in [6.07, 6.45) is 88.0. The first-order chi connectivity index (χ1) is 38.0. The van der Waals surface area contributed by atoms with Gasteiger partial charge in [-0.3, -0.25) is 14.4 Å². The third-order valence-electron chi connectivity index (χ3n) is 13.8. The molecule has 6 heteroatoms. The van der Waals surface area contributed by atoms with Gasteiger partial charge in [0.05, 0.1) is 0 Å². The monoisotopic (exact) mass is 1070 g/mol. The van der Waals surface area contributed by atoms with Crippen LogP contribution in [0.3, 0.4) is 0 Å². The summed E-state index contributed by atoms with van der Waals surface area (Å²) in [7, 11) is 0. The SMILES string of the molecule is CC/C=C\C/C=C\C/C=C\C/C=C\C/C=C\C/C=C\CCCCCCC(=O)OCC(COC(=O)CCCCCCCCCCCCCCC)OC(=O)CCCCCCCCCC/C=C\C/C=C\C/C=C\CCCCCCC. The standard InChI is InChI=1S/C71H120O6/c1-4-7-10-13-16-19-22-25-27-29-31-33-35-37-39-41-43-46-49-52-55-58-61-64-70(73)76-67-68(66-75-69(72)63-60-57-54-51-48-45-24-21-18-15-12-9-6-3)77-71(74)65-62-59-56-53-50-47-44-42-40-38-36-34-32-30-28-26-23-20-17-14-11-8-5-2/h7,10,16,19,23,25-27,30-33,36-39,43,46,68H,4-6,8-9,11-15,17-18,20-22,24,28-29,34-35,40-42,44-45,47-67H2,1-3H3/b10-7-,19-16-,26-23-,27-25-,32-30-,33-31-,38-36-,39-37-,46-43-. The van der Waals surface area contributed by atoms with E-state index < -0.39 is 6.10 Å². The predicted octanol–water partition coefficient (Wildman–Crippen LogP) is 22.2. The first-order valence-electron chi connectivity index (χ1n) is 32.4. The summed E-state index contributed by atoms with van der Waals surface area (Å²) in [6, 6.07) is 0. The summed E-state index contributed by atoms with van der Waals surface area (Å²) in [6.45, 7) is 6.51. The van der Waals surface area contributed by atoms with E-state index in [1.54, 1.807) is 0 Å². The van der Waals surface area contributed by atoms with Crippen LogP contribution in [0.4, 0.5) is 0 Å². The van der Waals surface area contributed by atoms with Crippen molar-refractivity contribution in [2.75, 3.05) is 13.2 Å². The normalized spacial score (nSPS) is 12.8. The number of allylic oxidation sites excluding steroid dienone is 18. The minimum absolute atomic E-state index is 0.0883. The van der Waals surface area contributed by atoms with Crippen LogP contribution in [-0.2, 0) is 28.6 Å². The minimum Gasteiger partial charge on any atom is -0.462 e. The molecule has 0 saturated heterocycles. The van der Waals surface area contributed by atoms with E-state index in [4.69, 9.17) is 14.2 Å². The number of ether oxygens (including phenoxy) is 3. The summed E-state index contributed by atoms with van der Waals surface area (Å²) in [5.74, 6) is -0.913. The van der Waals surface area contributed by atoms with Crippen molar-refractivity contribution in [2.45, 2.75) is 309 Å². The van der Waals surface area contributed by atoms with E-state index in [-0.39, 0.29) is 31.1 Å². The lowest BCUT2D eigenvalue weighted by atomic mass is 10.0. The lowest BCUT2D eigenvalue weighted by Gasteiger charge is -2.18. The van der Waals surface area contributed by atoms with Gasteiger partial charge in [-0.15, -0.1) is 0 Å². The van der Waals surface area contributed by atoms with Gasteiger partial charge in [-0.25, -0.2) is 0 Å². The molecule has 0 aliphatic carbocycles. The van der Waals surface area contributed by atoms with Crippen LogP contribution in [0.5, 0.6) is 0 Å². The molecule has 77 heavy (non-hydrogen) atoms. The Balaban J connectivity index is 4.41. The third-order valence-corrected chi connectivity index (χ3v) is 13.8. The van der Waals surface area contributed by atoms with E-state index in [0.29, 0.717) is 19.3 Å². The maximum Gasteiger partial charge on any atom is 0.306 e. The molecule has 0 bridgehead atoms. The van der Waals surface area contributed by atoms with Gasteiger partial charge in [-0.1, -0.05) is 284 Å². The first-order valence-corrected chi connectivity index (χ1v) is 32.4. The van der Waals surface area contributed by atoms with Crippen molar-refractivity contribution in [3.63, 3.8) is 0 Å². The molecule has 0 heterocycles. The van der Waals surface area contributed by atoms with Crippen LogP contribution in [0.25, 0.3) is 0 Å². The lowest BCUT2D eigenvalue weighted by molar-refractivity contribution is -0.167. The average Bonchev–Trinajstić information content (AvgIpc) is 3.43. The molecule has 0 aromatic carbocycles. The van der Waals surface area contributed by atoms with E-state index >= 15 is 0 Å². The summed E-state index contributed by atoms with van der Waals surface area (Å²) in [5, 5.41) is 0. The highest BCUT2D eigenvalue weighted by atomic mass is 16.6. The maximum absolute atomic E-state index is 12.9. The Morgan fingerprint density at radius 3 is 0.792 bits per heavy atom. The van der Waals surface area contributed by atoms with Crippen molar-refractivity contribution in [3.05, 3.63) is 109 Å². The average molecular weight is 1070 g/mol. The van der Waals surface area contributed by atoms with Gasteiger partial charge in [-0.2, -0.15) is 0 Å². The van der Waals surface area contributed by atoms with Crippen LogP contribution in [-0.4, -0.2) is 37.2 Å². The van der Waals surface area contributed by atoms with E-state index in [2.05, 4.69) is 130 Å². The van der Waals surface area contributed by atoms with Gasteiger partial charge >= 0.3 is 17.9 Å². The molecule has 0 aliphatic heterocycles. The van der Waals surface area contributed by atoms with E-state index in [1.807, 2.05) is 0 Å². The highest BCUT2D eigenvalue weighted by Gasteiger charge is 2.19. The number of hydrogen-bond acceptors (Lipinski definition) is 6. The number of carbonyl (C=O) groups excluding carboxylic acids is 3. The van der Waals surface area contributed by atoms with Gasteiger partial charge in [0, 0.05) is 19.3 Å². The summed E-state index contributed by atoms with van der Waals surface area (Å²) in [5.41, 5.74) is 0. The van der Waals surface area contributed by atoms with E-state index in [1.165, 1.54) is 135 Å². The third kappa shape index (κ3) is 62.8. The van der Waals surface area contributed by atoms with Gasteiger partial charge in [0.1, 0.15) is 13.2 Å². The molecule has 0 fully saturated rings. The van der Waals surface area contributed by atoms with Crippen molar-refractivity contribution < 1.29 is 28.6 Å². The van der Waals surface area contributed by atoms with Crippen LogP contribution < -0.4 is 0 Å². The fraction of sp³-hybridized carbons (Fsp3) is 0.704. The molecule has 0 N–H and O–H groups in total. The molecule has 0 saturated carbocycles. The van der Waals surface area contributed by atoms with Gasteiger partial charge in [0.15, 0.2) is 6.10 Å². The molecule has 0 spiro atoms. The Kier molecular flexibility index (Phi) is 61.3. The smallest absolute Gasteiger partial charge is 0.306 e. The van der Waals surface area contributed by atoms with Crippen molar-refractivity contribution in [3.8, 4) is 0 Å². The largest absolute Gasteiger partial charge is 0.462 e. The number of esters is 3. The molecule has 0 aromatic heterocycles. The number of rotatable bonds is 58. The zero-order valence-corrected chi connectivity index (χ0v) is 50.4. The van der Waals surface area contributed by atoms with Crippen LogP contribution in [0.15, 0.2) is 109 Å². The molecule has 1 atom stereocenters. The molecule has 1 unspecified atom stereocenters. The van der Waals surface area contributed by atoms with Crippen LogP contribution >= 0.6 is 0 Å². The fourth-order valence-corrected chi connectivity index (χ4v) is 8.92. The number of unbranched alkanes of at least 4 members (excludes halogenated alkanes) is 29. The molecule has 0 aromatic rings. The zero-order chi connectivity index (χ0) is 55.7. The van der Waals surface area contributed by atoms with Crippen LogP contribution in [0.2, 0.25) is 0 Å². The zero-order valence-electron chi connectivity index (χ0n) is 50.4. The maximum atomic E-state index is 12.9. The lowest BCUT2D eigenvalue weighted by Crippen LogP contribution is -2.30. The molecule has 0 radical (unpaired) electrons. The predicted molar refractivity (Wildman–Crippen MR) is 334 cm³/mol. The van der Waals surface area contributed by atoms with E-state index in [9.17, 15) is 14.4 Å². The quantitative estimate of drug-likeness (QED) is 0.0261. The van der Waals surface area contributed by atoms with Crippen LogP contribution in [0, 0.1) is 0 Å². The number of carbonyl (C=O) groups is 3. The summed E-state index contributed by atoms with van der Waals surface area (Å²) >= 11 is 0. The molecule has 0 amide bonds. The van der Waals surface area contributed by atoms with Crippen molar-refractivity contribution >= 4 is 17.9 Å². The molecular weight excluding hydrogens is 949 g/mol. The van der Waals surface area contributed by atoms with Gasteiger partial charge in [0.2, 0.25) is 0 Å². The molecule has 0 aliphatic rings. The van der Waals surface area contributed by atoms with Crippen molar-refractivity contribution in [2.24, 2.45) is 0 Å². The number of hydrogen-bond donors (Lipinski definition) is 0. The Morgan fingerprint density at radius 2 is 0.506 bits per heavy atom.